The first kappa shape index (κ1) is 11.3. The van der Waals surface area contributed by atoms with Crippen molar-refractivity contribution in [3.8, 4) is 5.69 Å². The summed E-state index contributed by atoms with van der Waals surface area (Å²) in [4.78, 5) is 10.9. The highest BCUT2D eigenvalue weighted by Gasteiger charge is 2.14. The Hall–Kier alpha value is -2.14. The van der Waals surface area contributed by atoms with E-state index in [9.17, 15) is 4.79 Å². The number of hydrogen-bond donors (Lipinski definition) is 2. The van der Waals surface area contributed by atoms with Gasteiger partial charge in [-0.3, -0.25) is 4.79 Å². The van der Waals surface area contributed by atoms with Gasteiger partial charge in [0.05, 0.1) is 17.4 Å². The summed E-state index contributed by atoms with van der Waals surface area (Å²) in [6.07, 6.45) is 1.77. The maximum absolute atomic E-state index is 10.9. The van der Waals surface area contributed by atoms with Gasteiger partial charge < -0.3 is 11.5 Å². The zero-order chi connectivity index (χ0) is 12.3. The molecule has 0 aliphatic carbocycles. The van der Waals surface area contributed by atoms with Crippen molar-refractivity contribution in [3.05, 3.63) is 48.3 Å². The van der Waals surface area contributed by atoms with Crippen LogP contribution < -0.4 is 11.5 Å². The summed E-state index contributed by atoms with van der Waals surface area (Å²) in [5.74, 6) is -0.418. The maximum Gasteiger partial charge on any atom is 0.219 e. The topological polar surface area (TPSA) is 86.9 Å². The lowest BCUT2D eigenvalue weighted by molar-refractivity contribution is -0.118. The number of benzene rings is 1. The van der Waals surface area contributed by atoms with Gasteiger partial charge >= 0.3 is 0 Å². The minimum Gasteiger partial charge on any atom is -0.370 e. The van der Waals surface area contributed by atoms with Gasteiger partial charge in [-0.05, 0) is 18.2 Å². The first-order valence-corrected chi connectivity index (χ1v) is 5.31. The van der Waals surface area contributed by atoms with E-state index in [1.165, 1.54) is 0 Å². The molecule has 0 aliphatic rings. The molecular weight excluding hydrogens is 216 g/mol. The van der Waals surface area contributed by atoms with Crippen LogP contribution in [0.5, 0.6) is 0 Å². The van der Waals surface area contributed by atoms with Gasteiger partial charge in [0.2, 0.25) is 5.91 Å². The lowest BCUT2D eigenvalue weighted by Gasteiger charge is -2.12. The minimum atomic E-state index is -0.435. The van der Waals surface area contributed by atoms with Crippen LogP contribution in [0.4, 0.5) is 0 Å². The normalized spacial score (nSPS) is 12.3. The van der Waals surface area contributed by atoms with Crippen molar-refractivity contribution in [2.24, 2.45) is 11.5 Å². The molecule has 0 radical (unpaired) electrons. The molecule has 0 spiro atoms. The van der Waals surface area contributed by atoms with Gasteiger partial charge in [-0.25, -0.2) is 4.68 Å². The number of primary amides is 1. The number of amides is 1. The Labute approximate surface area is 99.0 Å². The van der Waals surface area contributed by atoms with Gasteiger partial charge in [-0.15, -0.1) is 0 Å². The fraction of sp³-hybridized carbons (Fsp3) is 0.167. The lowest BCUT2D eigenvalue weighted by Crippen LogP contribution is -2.22. The molecular formula is C12H14N4O. The van der Waals surface area contributed by atoms with Crippen LogP contribution in [-0.4, -0.2) is 15.7 Å². The second kappa shape index (κ2) is 4.80. The number of hydrogen-bond acceptors (Lipinski definition) is 3. The van der Waals surface area contributed by atoms with E-state index >= 15 is 0 Å². The fourth-order valence-corrected chi connectivity index (χ4v) is 1.70. The van der Waals surface area contributed by atoms with Crippen LogP contribution in [0.3, 0.4) is 0 Å². The molecule has 1 unspecified atom stereocenters. The number of rotatable bonds is 4. The Kier molecular flexibility index (Phi) is 3.20. The van der Waals surface area contributed by atoms with E-state index in [1.807, 2.05) is 30.3 Å². The standard InChI is InChI=1S/C12H14N4O/c13-10(8-12(14)17)11-6-7-15-16(11)9-4-2-1-3-5-9/h1-7,10H,8,13H2,(H2,14,17). The summed E-state index contributed by atoms with van der Waals surface area (Å²) < 4.78 is 1.72. The molecule has 5 nitrogen and oxygen atoms in total. The van der Waals surface area contributed by atoms with Crippen molar-refractivity contribution in [3.63, 3.8) is 0 Å². The summed E-state index contributed by atoms with van der Waals surface area (Å²) in [6.45, 7) is 0. The smallest absolute Gasteiger partial charge is 0.219 e. The van der Waals surface area contributed by atoms with Crippen molar-refractivity contribution in [2.75, 3.05) is 0 Å². The lowest BCUT2D eigenvalue weighted by atomic mass is 10.1. The predicted molar refractivity (Wildman–Crippen MR) is 64.3 cm³/mol. The molecule has 4 N–H and O–H groups in total. The van der Waals surface area contributed by atoms with E-state index in [-0.39, 0.29) is 6.42 Å². The Morgan fingerprint density at radius 2 is 2.00 bits per heavy atom. The quantitative estimate of drug-likeness (QED) is 0.812. The van der Waals surface area contributed by atoms with E-state index in [0.717, 1.165) is 11.4 Å². The molecule has 0 saturated heterocycles. The molecule has 88 valence electrons. The van der Waals surface area contributed by atoms with Gasteiger partial charge in [0.25, 0.3) is 0 Å². The second-order valence-electron chi connectivity index (χ2n) is 3.78. The molecule has 1 atom stereocenters. The summed E-state index contributed by atoms with van der Waals surface area (Å²) in [5, 5.41) is 4.20. The van der Waals surface area contributed by atoms with Crippen LogP contribution in [-0.2, 0) is 4.79 Å². The summed E-state index contributed by atoms with van der Waals surface area (Å²) in [6, 6.07) is 11.0. The summed E-state index contributed by atoms with van der Waals surface area (Å²) >= 11 is 0. The monoisotopic (exact) mass is 230 g/mol. The van der Waals surface area contributed by atoms with Gasteiger partial charge in [0, 0.05) is 12.6 Å². The molecule has 1 aromatic carbocycles. The Morgan fingerprint density at radius 3 is 2.65 bits per heavy atom. The third-order valence-corrected chi connectivity index (χ3v) is 2.47. The highest BCUT2D eigenvalue weighted by atomic mass is 16.1. The van der Waals surface area contributed by atoms with Crippen LogP contribution in [0.15, 0.2) is 42.6 Å². The molecule has 2 aromatic rings. The zero-order valence-electron chi connectivity index (χ0n) is 9.28. The molecule has 5 heteroatoms. The highest BCUT2D eigenvalue weighted by molar-refractivity contribution is 5.74. The maximum atomic E-state index is 10.9. The molecule has 17 heavy (non-hydrogen) atoms. The van der Waals surface area contributed by atoms with Gasteiger partial charge in [-0.1, -0.05) is 18.2 Å². The average Bonchev–Trinajstić information content (AvgIpc) is 2.78. The van der Waals surface area contributed by atoms with E-state index in [1.54, 1.807) is 16.9 Å². The zero-order valence-corrected chi connectivity index (χ0v) is 9.28. The summed E-state index contributed by atoms with van der Waals surface area (Å²) in [7, 11) is 0. The SMILES string of the molecule is NC(=O)CC(N)c1ccnn1-c1ccccc1. The van der Waals surface area contributed by atoms with Crippen molar-refractivity contribution in [1.82, 2.24) is 9.78 Å². The average molecular weight is 230 g/mol. The number of nitrogens with zero attached hydrogens (tertiary/aromatic N) is 2. The number of nitrogens with two attached hydrogens (primary N) is 2. The molecule has 1 heterocycles. The van der Waals surface area contributed by atoms with Gasteiger partial charge in [0.15, 0.2) is 0 Å². The van der Waals surface area contributed by atoms with Crippen LogP contribution in [0.2, 0.25) is 0 Å². The Balaban J connectivity index is 2.32. The third-order valence-electron chi connectivity index (χ3n) is 2.47. The summed E-state index contributed by atoms with van der Waals surface area (Å²) in [5.41, 5.74) is 12.7. The highest BCUT2D eigenvalue weighted by Crippen LogP contribution is 2.17. The Morgan fingerprint density at radius 1 is 1.29 bits per heavy atom. The van der Waals surface area contributed by atoms with Crippen LogP contribution in [0.1, 0.15) is 18.2 Å². The molecule has 0 fully saturated rings. The molecule has 2 rings (SSSR count). The number of carbonyl (C=O) groups excluding carboxylic acids is 1. The number of aromatic nitrogens is 2. The van der Waals surface area contributed by atoms with Crippen molar-refractivity contribution < 1.29 is 4.79 Å². The van der Waals surface area contributed by atoms with E-state index in [4.69, 9.17) is 11.5 Å². The minimum absolute atomic E-state index is 0.110. The third kappa shape index (κ3) is 2.51. The predicted octanol–water partition coefficient (Wildman–Crippen LogP) is 0.747. The van der Waals surface area contributed by atoms with Gasteiger partial charge in [0.1, 0.15) is 0 Å². The van der Waals surface area contributed by atoms with Crippen molar-refractivity contribution >= 4 is 5.91 Å². The van der Waals surface area contributed by atoms with Crippen molar-refractivity contribution in [1.29, 1.82) is 0 Å². The van der Waals surface area contributed by atoms with Crippen LogP contribution >= 0.6 is 0 Å². The van der Waals surface area contributed by atoms with E-state index in [2.05, 4.69) is 5.10 Å². The van der Waals surface area contributed by atoms with Crippen molar-refractivity contribution in [2.45, 2.75) is 12.5 Å². The fourth-order valence-electron chi connectivity index (χ4n) is 1.70. The van der Waals surface area contributed by atoms with Gasteiger partial charge in [-0.2, -0.15) is 5.10 Å². The molecule has 0 bridgehead atoms. The van der Waals surface area contributed by atoms with Crippen LogP contribution in [0, 0.1) is 0 Å². The second-order valence-corrected chi connectivity index (χ2v) is 3.78. The number of carbonyl (C=O) groups is 1. The molecule has 0 saturated carbocycles. The largest absolute Gasteiger partial charge is 0.370 e. The Bertz CT molecular complexity index is 506. The molecule has 0 aliphatic heterocycles. The van der Waals surface area contributed by atoms with Crippen LogP contribution in [0.25, 0.3) is 5.69 Å². The molecule has 1 amide bonds. The van der Waals surface area contributed by atoms with E-state index in [0.29, 0.717) is 0 Å². The molecule has 1 aromatic heterocycles. The first-order chi connectivity index (χ1) is 8.18. The number of para-hydroxylation sites is 1. The first-order valence-electron chi connectivity index (χ1n) is 5.31. The van der Waals surface area contributed by atoms with E-state index < -0.39 is 11.9 Å².